The van der Waals surface area contributed by atoms with Crippen LogP contribution < -0.4 is 10.1 Å². The lowest BCUT2D eigenvalue weighted by atomic mass is 10.1. The van der Waals surface area contributed by atoms with Crippen molar-refractivity contribution in [2.45, 2.75) is 32.4 Å². The molecule has 1 aromatic rings. The number of ether oxygens (including phenoxy) is 2. The number of methoxy groups -OCH3 is 1. The highest BCUT2D eigenvalue weighted by Gasteiger charge is 2.31. The number of esters is 1. The van der Waals surface area contributed by atoms with Crippen molar-refractivity contribution in [3.8, 4) is 5.75 Å². The monoisotopic (exact) mass is 355 g/mol. The van der Waals surface area contributed by atoms with E-state index in [-0.39, 0.29) is 17.1 Å². The summed E-state index contributed by atoms with van der Waals surface area (Å²) in [7, 11) is -1.64. The van der Waals surface area contributed by atoms with Gasteiger partial charge in [0.15, 0.2) is 15.9 Å². The Hall–Kier alpha value is -2.09. The van der Waals surface area contributed by atoms with Gasteiger partial charge in [0.25, 0.3) is 5.91 Å². The molecule has 1 aromatic carbocycles. The molecule has 7 nitrogen and oxygen atoms in total. The molecule has 0 spiro atoms. The van der Waals surface area contributed by atoms with E-state index >= 15 is 0 Å². The van der Waals surface area contributed by atoms with Crippen LogP contribution in [0.1, 0.15) is 29.3 Å². The van der Waals surface area contributed by atoms with Crippen LogP contribution in [0.5, 0.6) is 5.75 Å². The van der Waals surface area contributed by atoms with E-state index in [1.807, 2.05) is 6.92 Å². The quantitative estimate of drug-likeness (QED) is 0.786. The van der Waals surface area contributed by atoms with Gasteiger partial charge in [-0.1, -0.05) is 11.6 Å². The predicted octanol–water partition coefficient (Wildman–Crippen LogP) is 0.852. The minimum Gasteiger partial charge on any atom is -0.496 e. The van der Waals surface area contributed by atoms with Gasteiger partial charge < -0.3 is 14.8 Å². The summed E-state index contributed by atoms with van der Waals surface area (Å²) in [4.78, 5) is 24.3. The number of benzene rings is 1. The molecule has 1 N–H and O–H groups in total. The summed E-state index contributed by atoms with van der Waals surface area (Å²) in [5, 5.41) is 2.60. The molecule has 0 saturated carbocycles. The van der Waals surface area contributed by atoms with Crippen LogP contribution in [0.15, 0.2) is 18.2 Å². The van der Waals surface area contributed by atoms with Crippen LogP contribution in [0.4, 0.5) is 0 Å². The second-order valence-corrected chi connectivity index (χ2v) is 8.09. The molecule has 24 heavy (non-hydrogen) atoms. The molecule has 0 aromatic heterocycles. The summed E-state index contributed by atoms with van der Waals surface area (Å²) in [6.07, 6.45) is -0.661. The molecule has 0 unspecified atom stereocenters. The first-order valence-electron chi connectivity index (χ1n) is 7.58. The van der Waals surface area contributed by atoms with E-state index in [2.05, 4.69) is 5.32 Å². The molecule has 2 atom stereocenters. The second kappa shape index (κ2) is 7.21. The van der Waals surface area contributed by atoms with E-state index in [9.17, 15) is 18.0 Å². The van der Waals surface area contributed by atoms with Crippen LogP contribution in [-0.2, 0) is 19.4 Å². The van der Waals surface area contributed by atoms with Gasteiger partial charge in [-0.15, -0.1) is 0 Å². The fourth-order valence-electron chi connectivity index (χ4n) is 2.49. The van der Waals surface area contributed by atoms with Gasteiger partial charge in [0.1, 0.15) is 11.3 Å². The maximum Gasteiger partial charge on any atom is 0.342 e. The number of hydrogen-bond donors (Lipinski definition) is 1. The van der Waals surface area contributed by atoms with Crippen LogP contribution >= 0.6 is 0 Å². The molecule has 132 valence electrons. The van der Waals surface area contributed by atoms with E-state index in [0.717, 1.165) is 5.56 Å². The number of amides is 1. The van der Waals surface area contributed by atoms with Crippen molar-refractivity contribution >= 4 is 21.7 Å². The zero-order valence-electron chi connectivity index (χ0n) is 13.9. The topological polar surface area (TPSA) is 98.8 Å². The SMILES string of the molecule is COc1ccc(C)cc1C(=O)O[C@@H](C)C(=O)N[C@@H]1CCS(=O)(=O)C1. The Bertz CT molecular complexity index is 743. The Labute approximate surface area is 141 Å². The molecular formula is C16H21NO6S. The van der Waals surface area contributed by atoms with E-state index < -0.39 is 33.9 Å². The van der Waals surface area contributed by atoms with Gasteiger partial charge in [0, 0.05) is 6.04 Å². The van der Waals surface area contributed by atoms with Crippen LogP contribution in [0.3, 0.4) is 0 Å². The van der Waals surface area contributed by atoms with Crippen molar-refractivity contribution in [2.24, 2.45) is 0 Å². The fraction of sp³-hybridized carbons (Fsp3) is 0.500. The highest BCUT2D eigenvalue weighted by atomic mass is 32.2. The maximum absolute atomic E-state index is 12.3. The average Bonchev–Trinajstić information content (AvgIpc) is 2.85. The number of hydrogen-bond acceptors (Lipinski definition) is 6. The van der Waals surface area contributed by atoms with Gasteiger partial charge in [-0.2, -0.15) is 0 Å². The van der Waals surface area contributed by atoms with Crippen LogP contribution in [-0.4, -0.2) is 51.1 Å². The summed E-state index contributed by atoms with van der Waals surface area (Å²) in [6, 6.07) is 4.64. The minimum absolute atomic E-state index is 0.0621. The van der Waals surface area contributed by atoms with Gasteiger partial charge in [0.05, 0.1) is 18.6 Å². The summed E-state index contributed by atoms with van der Waals surface area (Å²) in [6.45, 7) is 3.27. The van der Waals surface area contributed by atoms with Crippen LogP contribution in [0, 0.1) is 6.92 Å². The number of carbonyl (C=O) groups excluding carboxylic acids is 2. The van der Waals surface area contributed by atoms with Gasteiger partial charge in [-0.05, 0) is 32.4 Å². The molecule has 0 radical (unpaired) electrons. The van der Waals surface area contributed by atoms with Crippen molar-refractivity contribution in [1.82, 2.24) is 5.32 Å². The third-order valence-corrected chi connectivity index (χ3v) is 5.57. The first-order chi connectivity index (χ1) is 11.2. The first-order valence-corrected chi connectivity index (χ1v) is 9.40. The van der Waals surface area contributed by atoms with Gasteiger partial charge in [0.2, 0.25) is 0 Å². The van der Waals surface area contributed by atoms with Gasteiger partial charge >= 0.3 is 5.97 Å². The highest BCUT2D eigenvalue weighted by molar-refractivity contribution is 7.91. The number of nitrogens with one attached hydrogen (secondary N) is 1. The lowest BCUT2D eigenvalue weighted by Gasteiger charge is -2.17. The zero-order chi connectivity index (χ0) is 17.9. The molecule has 0 aliphatic carbocycles. The molecule has 1 fully saturated rings. The van der Waals surface area contributed by atoms with Crippen LogP contribution in [0.25, 0.3) is 0 Å². The molecule has 1 saturated heterocycles. The van der Waals surface area contributed by atoms with Gasteiger partial charge in [-0.25, -0.2) is 13.2 Å². The summed E-state index contributed by atoms with van der Waals surface area (Å²) in [5.41, 5.74) is 1.09. The van der Waals surface area contributed by atoms with Crippen molar-refractivity contribution in [2.75, 3.05) is 18.6 Å². The van der Waals surface area contributed by atoms with Gasteiger partial charge in [-0.3, -0.25) is 4.79 Å². The number of carbonyl (C=O) groups is 2. The normalized spacial score (nSPS) is 20.2. The zero-order valence-corrected chi connectivity index (χ0v) is 14.7. The molecular weight excluding hydrogens is 334 g/mol. The van der Waals surface area contributed by atoms with E-state index in [0.29, 0.717) is 12.2 Å². The summed E-state index contributed by atoms with van der Waals surface area (Å²) < 4.78 is 33.1. The van der Waals surface area contributed by atoms with Crippen molar-refractivity contribution in [3.05, 3.63) is 29.3 Å². The largest absolute Gasteiger partial charge is 0.496 e. The fourth-order valence-corrected chi connectivity index (χ4v) is 4.16. The Kier molecular flexibility index (Phi) is 5.48. The third kappa shape index (κ3) is 4.47. The average molecular weight is 355 g/mol. The Morgan fingerprint density at radius 2 is 2.04 bits per heavy atom. The van der Waals surface area contributed by atoms with Crippen molar-refractivity contribution in [3.63, 3.8) is 0 Å². The number of sulfone groups is 1. The smallest absolute Gasteiger partial charge is 0.342 e. The second-order valence-electron chi connectivity index (χ2n) is 5.86. The third-order valence-electron chi connectivity index (χ3n) is 3.81. The molecule has 1 aliphatic rings. The molecule has 1 amide bonds. The lowest BCUT2D eigenvalue weighted by Crippen LogP contribution is -2.42. The Morgan fingerprint density at radius 1 is 1.33 bits per heavy atom. The molecule has 8 heteroatoms. The van der Waals surface area contributed by atoms with E-state index in [1.165, 1.54) is 14.0 Å². The number of aryl methyl sites for hydroxylation is 1. The van der Waals surface area contributed by atoms with Crippen LogP contribution in [0.2, 0.25) is 0 Å². The minimum atomic E-state index is -3.09. The van der Waals surface area contributed by atoms with E-state index in [4.69, 9.17) is 9.47 Å². The Morgan fingerprint density at radius 3 is 2.62 bits per heavy atom. The molecule has 1 aliphatic heterocycles. The summed E-state index contributed by atoms with van der Waals surface area (Å²) >= 11 is 0. The van der Waals surface area contributed by atoms with E-state index in [1.54, 1.807) is 18.2 Å². The lowest BCUT2D eigenvalue weighted by molar-refractivity contribution is -0.129. The highest BCUT2D eigenvalue weighted by Crippen LogP contribution is 2.21. The Balaban J connectivity index is 1.98. The van der Waals surface area contributed by atoms with Crippen molar-refractivity contribution < 1.29 is 27.5 Å². The molecule has 1 heterocycles. The maximum atomic E-state index is 12.3. The predicted molar refractivity (Wildman–Crippen MR) is 87.8 cm³/mol. The first kappa shape index (κ1) is 18.3. The summed E-state index contributed by atoms with van der Waals surface area (Å²) in [5.74, 6) is -0.841. The standard InChI is InChI=1S/C16H21NO6S/c1-10-4-5-14(22-3)13(8-10)16(19)23-11(2)15(18)17-12-6-7-24(20,21)9-12/h4-5,8,11-12H,6-7,9H2,1-3H3,(H,17,18)/t11-,12+/m0/s1. The number of rotatable bonds is 5. The van der Waals surface area contributed by atoms with Crippen molar-refractivity contribution in [1.29, 1.82) is 0 Å². The molecule has 0 bridgehead atoms. The molecule has 2 rings (SSSR count).